The molecular formula is C16H11N6S+. The highest BCUT2D eigenvalue weighted by molar-refractivity contribution is 8.00. The molecule has 0 atom stereocenters. The van der Waals surface area contributed by atoms with E-state index >= 15 is 0 Å². The minimum atomic E-state index is -0.842. The van der Waals surface area contributed by atoms with Crippen molar-refractivity contribution in [3.63, 3.8) is 0 Å². The molecule has 0 radical (unpaired) electrons. The molecule has 3 aromatic rings. The van der Waals surface area contributed by atoms with Gasteiger partial charge in [0.2, 0.25) is 0 Å². The Kier molecular flexibility index (Phi) is 4.32. The molecule has 0 spiro atoms. The molecular weight excluding hydrogens is 308 g/mol. The van der Waals surface area contributed by atoms with Crippen molar-refractivity contribution in [2.24, 2.45) is 0 Å². The number of aromatic nitrogens is 4. The largest absolute Gasteiger partial charge is 0.369 e. The van der Waals surface area contributed by atoms with Crippen molar-refractivity contribution in [1.29, 1.82) is 10.5 Å². The highest BCUT2D eigenvalue weighted by atomic mass is 32.2. The summed E-state index contributed by atoms with van der Waals surface area (Å²) in [6.07, 6.45) is 0. The third kappa shape index (κ3) is 3.20. The van der Waals surface area contributed by atoms with Gasteiger partial charge in [0.15, 0.2) is 10.9 Å². The first-order valence-corrected chi connectivity index (χ1v) is 7.66. The summed E-state index contributed by atoms with van der Waals surface area (Å²) >= 11 is 1.03. The van der Waals surface area contributed by atoms with E-state index in [1.165, 1.54) is 0 Å². The summed E-state index contributed by atoms with van der Waals surface area (Å²) < 4.78 is 0. The molecule has 0 bridgehead atoms. The average molecular weight is 319 g/mol. The second-order valence-corrected chi connectivity index (χ2v) is 5.56. The van der Waals surface area contributed by atoms with Crippen LogP contribution in [0.4, 0.5) is 0 Å². The average Bonchev–Trinajstić information content (AvgIpc) is 3.05. The molecule has 1 aromatic heterocycles. The highest BCUT2D eigenvalue weighted by Gasteiger charge is 2.25. The monoisotopic (exact) mass is 319 g/mol. The first-order valence-electron chi connectivity index (χ1n) is 6.78. The number of rotatable bonds is 4. The van der Waals surface area contributed by atoms with Gasteiger partial charge in [-0.25, -0.2) is 0 Å². The summed E-state index contributed by atoms with van der Waals surface area (Å²) in [5.41, 5.74) is 1.67. The van der Waals surface area contributed by atoms with E-state index in [1.807, 2.05) is 72.8 Å². The van der Waals surface area contributed by atoms with Gasteiger partial charge in [0.25, 0.3) is 0 Å². The van der Waals surface area contributed by atoms with Gasteiger partial charge >= 0.3 is 5.16 Å². The van der Waals surface area contributed by atoms with Crippen LogP contribution in [0.1, 0.15) is 0 Å². The molecule has 2 aromatic carbocycles. The van der Waals surface area contributed by atoms with Crippen LogP contribution in [0.15, 0.2) is 65.8 Å². The van der Waals surface area contributed by atoms with Crippen LogP contribution in [0.2, 0.25) is 0 Å². The summed E-state index contributed by atoms with van der Waals surface area (Å²) in [6.45, 7) is 0. The van der Waals surface area contributed by atoms with Crippen molar-refractivity contribution >= 4 is 11.8 Å². The molecule has 23 heavy (non-hydrogen) atoms. The maximum atomic E-state index is 8.94. The van der Waals surface area contributed by atoms with Gasteiger partial charge < -0.3 is 0 Å². The Morgan fingerprint density at radius 1 is 0.957 bits per heavy atom. The number of benzene rings is 2. The fraction of sp³-hybridized carbons (Fsp3) is 0.0625. The number of thioether (sulfide) groups is 1. The first kappa shape index (κ1) is 14.8. The lowest BCUT2D eigenvalue weighted by molar-refractivity contribution is -0.736. The Labute approximate surface area is 137 Å². The van der Waals surface area contributed by atoms with Crippen molar-refractivity contribution < 1.29 is 4.80 Å². The molecule has 110 valence electrons. The number of tetrazole rings is 1. The minimum Gasteiger partial charge on any atom is -0.196 e. The molecule has 7 heteroatoms. The minimum absolute atomic E-state index is 0.366. The van der Waals surface area contributed by atoms with Crippen LogP contribution in [-0.4, -0.2) is 20.2 Å². The van der Waals surface area contributed by atoms with Gasteiger partial charge in [0.05, 0.1) is 17.2 Å². The molecule has 0 saturated heterocycles. The van der Waals surface area contributed by atoms with Crippen LogP contribution >= 0.6 is 11.8 Å². The molecule has 0 saturated carbocycles. The zero-order valence-electron chi connectivity index (χ0n) is 11.9. The third-order valence-electron chi connectivity index (χ3n) is 2.97. The van der Waals surface area contributed by atoms with Gasteiger partial charge in [-0.1, -0.05) is 36.4 Å². The van der Waals surface area contributed by atoms with Crippen LogP contribution in [0.3, 0.4) is 0 Å². The highest BCUT2D eigenvalue weighted by Crippen LogP contribution is 2.18. The Morgan fingerprint density at radius 2 is 1.57 bits per heavy atom. The quantitative estimate of drug-likeness (QED) is 0.543. The van der Waals surface area contributed by atoms with Crippen LogP contribution < -0.4 is 4.80 Å². The topological polar surface area (TPSA) is 82.2 Å². The van der Waals surface area contributed by atoms with E-state index in [9.17, 15) is 0 Å². The molecule has 0 unspecified atom stereocenters. The van der Waals surface area contributed by atoms with Gasteiger partial charge in [-0.05, 0) is 40.8 Å². The lowest BCUT2D eigenvalue weighted by atomic mass is 10.3. The van der Waals surface area contributed by atoms with E-state index in [-0.39, 0.29) is 0 Å². The molecule has 0 N–H and O–H groups in total. The van der Waals surface area contributed by atoms with Gasteiger partial charge in [-0.3, -0.25) is 0 Å². The van der Waals surface area contributed by atoms with Crippen LogP contribution in [0.5, 0.6) is 0 Å². The molecule has 0 amide bonds. The third-order valence-corrected chi connectivity index (χ3v) is 3.79. The summed E-state index contributed by atoms with van der Waals surface area (Å²) in [5.74, 6) is 0. The van der Waals surface area contributed by atoms with Gasteiger partial charge in [0.1, 0.15) is 5.69 Å². The van der Waals surface area contributed by atoms with E-state index in [0.717, 1.165) is 23.1 Å². The second-order valence-electron chi connectivity index (χ2n) is 4.49. The van der Waals surface area contributed by atoms with E-state index in [2.05, 4.69) is 10.2 Å². The Morgan fingerprint density at radius 3 is 2.17 bits per heavy atom. The Bertz CT molecular complexity index is 805. The van der Waals surface area contributed by atoms with E-state index < -0.39 is 5.25 Å². The van der Waals surface area contributed by atoms with Crippen LogP contribution in [0, 0.1) is 22.7 Å². The lowest BCUT2D eigenvalue weighted by Gasteiger charge is -1.98. The van der Waals surface area contributed by atoms with Crippen molar-refractivity contribution in [2.45, 2.75) is 10.4 Å². The lowest BCUT2D eigenvalue weighted by Crippen LogP contribution is -2.43. The smallest absolute Gasteiger partial charge is 0.196 e. The fourth-order valence-electron chi connectivity index (χ4n) is 1.96. The van der Waals surface area contributed by atoms with E-state index in [4.69, 9.17) is 10.5 Å². The zero-order chi connectivity index (χ0) is 16.1. The zero-order valence-corrected chi connectivity index (χ0v) is 12.8. The number of para-hydroxylation sites is 2. The first-order chi connectivity index (χ1) is 11.3. The van der Waals surface area contributed by atoms with Crippen LogP contribution in [-0.2, 0) is 0 Å². The Balaban J connectivity index is 2.08. The molecule has 3 rings (SSSR count). The Hall–Kier alpha value is -3.16. The van der Waals surface area contributed by atoms with Crippen molar-refractivity contribution in [1.82, 2.24) is 15.0 Å². The van der Waals surface area contributed by atoms with Gasteiger partial charge in [-0.15, -0.1) is 0 Å². The number of nitriles is 2. The van der Waals surface area contributed by atoms with E-state index in [1.54, 1.807) is 9.59 Å². The maximum absolute atomic E-state index is 8.94. The predicted molar refractivity (Wildman–Crippen MR) is 83.8 cm³/mol. The fourth-order valence-corrected chi connectivity index (χ4v) is 2.52. The van der Waals surface area contributed by atoms with Crippen molar-refractivity contribution in [2.75, 3.05) is 0 Å². The number of hydrogen-bond donors (Lipinski definition) is 0. The van der Waals surface area contributed by atoms with Gasteiger partial charge in [0, 0.05) is 9.90 Å². The summed E-state index contributed by atoms with van der Waals surface area (Å²) in [7, 11) is 0. The standard InChI is InChI=1S/C16H11N6S/c17-11-15(12-18)23-16-19-21(13-7-3-1-4-8-13)22(20-16)14-9-5-2-6-10-14/h1-10,15H/q+1. The van der Waals surface area contributed by atoms with Crippen LogP contribution in [0.25, 0.3) is 11.4 Å². The summed E-state index contributed by atoms with van der Waals surface area (Å²) in [6, 6.07) is 22.9. The van der Waals surface area contributed by atoms with Crippen molar-refractivity contribution in [3.05, 3.63) is 60.7 Å². The van der Waals surface area contributed by atoms with Crippen molar-refractivity contribution in [3.8, 4) is 23.5 Å². The number of hydrogen-bond acceptors (Lipinski definition) is 5. The molecule has 6 nitrogen and oxygen atoms in total. The SMILES string of the molecule is N#CC(C#N)Sc1nn(-c2ccccc2)[n+](-c2ccccc2)n1. The summed E-state index contributed by atoms with van der Waals surface area (Å²) in [5, 5.41) is 26.2. The molecule has 0 fully saturated rings. The van der Waals surface area contributed by atoms with Gasteiger partial charge in [-0.2, -0.15) is 10.5 Å². The molecule has 0 aliphatic rings. The molecule has 0 aliphatic carbocycles. The molecule has 1 heterocycles. The number of nitrogens with zero attached hydrogens (tertiary/aromatic N) is 6. The molecule has 0 aliphatic heterocycles. The predicted octanol–water partition coefficient (Wildman–Crippen LogP) is 2.05. The maximum Gasteiger partial charge on any atom is 0.369 e. The normalized spacial score (nSPS) is 10.2. The van der Waals surface area contributed by atoms with E-state index in [0.29, 0.717) is 5.16 Å². The second kappa shape index (κ2) is 6.73. The summed E-state index contributed by atoms with van der Waals surface area (Å²) in [4.78, 5) is 3.28.